The molecule has 1 aromatic heterocycles. The van der Waals surface area contributed by atoms with Crippen molar-refractivity contribution in [2.24, 2.45) is 0 Å². The van der Waals surface area contributed by atoms with Crippen LogP contribution in [-0.2, 0) is 4.79 Å². The normalized spacial score (nSPS) is 10.7. The third-order valence-electron chi connectivity index (χ3n) is 6.22. The standard InChI is InChI=1S/C32H26FN3O4/c1-20-8-6-10-25(18-20)36-32(40-21(2)37)29(30(35-36)23-9-7-11-26(19-23)39-3)22-14-16-24(17-15-22)34-31(38)27-12-4-5-13-28(27)33/h4-19H,1-3H3,(H,34,38). The van der Waals surface area contributed by atoms with Crippen molar-refractivity contribution >= 4 is 17.6 Å². The number of benzene rings is 4. The minimum Gasteiger partial charge on any atom is -0.497 e. The molecule has 5 aromatic rings. The number of amides is 1. The van der Waals surface area contributed by atoms with Gasteiger partial charge in [-0.25, -0.2) is 4.39 Å². The Kier molecular flexibility index (Phi) is 7.41. The molecular weight excluding hydrogens is 509 g/mol. The molecule has 40 heavy (non-hydrogen) atoms. The van der Waals surface area contributed by atoms with E-state index in [9.17, 15) is 14.0 Å². The van der Waals surface area contributed by atoms with E-state index in [-0.39, 0.29) is 11.4 Å². The van der Waals surface area contributed by atoms with E-state index in [1.165, 1.54) is 25.1 Å². The van der Waals surface area contributed by atoms with Gasteiger partial charge in [0, 0.05) is 18.2 Å². The largest absolute Gasteiger partial charge is 0.497 e. The van der Waals surface area contributed by atoms with Crippen molar-refractivity contribution < 1.29 is 23.5 Å². The summed E-state index contributed by atoms with van der Waals surface area (Å²) in [5.74, 6) is -0.765. The van der Waals surface area contributed by atoms with E-state index in [1.54, 1.807) is 42.1 Å². The van der Waals surface area contributed by atoms with E-state index in [1.807, 2.05) is 55.5 Å². The van der Waals surface area contributed by atoms with E-state index < -0.39 is 17.7 Å². The predicted octanol–water partition coefficient (Wildman–Crippen LogP) is 6.84. The number of ether oxygens (including phenoxy) is 2. The second-order valence-corrected chi connectivity index (χ2v) is 9.12. The van der Waals surface area contributed by atoms with Crippen molar-refractivity contribution in [3.63, 3.8) is 0 Å². The summed E-state index contributed by atoms with van der Waals surface area (Å²) >= 11 is 0. The number of nitrogens with one attached hydrogen (secondary N) is 1. The number of rotatable bonds is 7. The zero-order valence-electron chi connectivity index (χ0n) is 22.1. The Morgan fingerprint density at radius 3 is 2.33 bits per heavy atom. The summed E-state index contributed by atoms with van der Waals surface area (Å²) in [5.41, 5.74) is 4.75. The highest BCUT2D eigenvalue weighted by atomic mass is 19.1. The molecular formula is C32H26FN3O4. The highest BCUT2D eigenvalue weighted by molar-refractivity contribution is 6.04. The molecule has 0 saturated heterocycles. The highest BCUT2D eigenvalue weighted by Gasteiger charge is 2.25. The maximum Gasteiger partial charge on any atom is 0.309 e. The molecule has 0 atom stereocenters. The molecule has 4 aromatic carbocycles. The smallest absolute Gasteiger partial charge is 0.309 e. The van der Waals surface area contributed by atoms with Gasteiger partial charge in [-0.1, -0.05) is 48.5 Å². The number of carbonyl (C=O) groups excluding carboxylic acids is 2. The van der Waals surface area contributed by atoms with Crippen molar-refractivity contribution in [3.05, 3.63) is 114 Å². The first-order valence-electron chi connectivity index (χ1n) is 12.5. The van der Waals surface area contributed by atoms with Crippen LogP contribution in [0.15, 0.2) is 97.1 Å². The van der Waals surface area contributed by atoms with Crippen LogP contribution in [-0.4, -0.2) is 28.8 Å². The van der Waals surface area contributed by atoms with Gasteiger partial charge >= 0.3 is 5.97 Å². The van der Waals surface area contributed by atoms with Gasteiger partial charge in [0.05, 0.1) is 23.9 Å². The van der Waals surface area contributed by atoms with Gasteiger partial charge in [-0.2, -0.15) is 9.78 Å². The first kappa shape index (κ1) is 26.4. The van der Waals surface area contributed by atoms with Crippen molar-refractivity contribution in [3.8, 4) is 39.7 Å². The van der Waals surface area contributed by atoms with Crippen molar-refractivity contribution in [1.29, 1.82) is 0 Å². The number of anilines is 1. The molecule has 1 heterocycles. The fraction of sp³-hybridized carbons (Fsp3) is 0.0938. The van der Waals surface area contributed by atoms with Gasteiger partial charge < -0.3 is 14.8 Å². The van der Waals surface area contributed by atoms with Gasteiger partial charge in [0.25, 0.3) is 5.91 Å². The summed E-state index contributed by atoms with van der Waals surface area (Å²) in [4.78, 5) is 24.9. The first-order chi connectivity index (χ1) is 19.3. The molecule has 1 amide bonds. The van der Waals surface area contributed by atoms with Crippen molar-refractivity contribution in [2.75, 3.05) is 12.4 Å². The first-order valence-corrected chi connectivity index (χ1v) is 12.5. The number of methoxy groups -OCH3 is 1. The van der Waals surface area contributed by atoms with Crippen LogP contribution in [0.3, 0.4) is 0 Å². The lowest BCUT2D eigenvalue weighted by Gasteiger charge is -2.11. The Balaban J connectivity index is 1.63. The second-order valence-electron chi connectivity index (χ2n) is 9.12. The molecule has 0 saturated carbocycles. The maximum absolute atomic E-state index is 14.1. The Morgan fingerprint density at radius 1 is 0.875 bits per heavy atom. The molecule has 8 heteroatoms. The lowest BCUT2D eigenvalue weighted by atomic mass is 10.0. The Morgan fingerprint density at radius 2 is 1.62 bits per heavy atom. The van der Waals surface area contributed by atoms with Crippen LogP contribution < -0.4 is 14.8 Å². The van der Waals surface area contributed by atoms with Crippen LogP contribution >= 0.6 is 0 Å². The summed E-state index contributed by atoms with van der Waals surface area (Å²) in [6, 6.07) is 27.9. The number of carbonyl (C=O) groups is 2. The van der Waals surface area contributed by atoms with Crippen LogP contribution in [0.1, 0.15) is 22.8 Å². The Hall–Kier alpha value is -5.24. The van der Waals surface area contributed by atoms with Crippen LogP contribution in [0, 0.1) is 12.7 Å². The number of aryl methyl sites for hydroxylation is 1. The molecule has 200 valence electrons. The third kappa shape index (κ3) is 5.47. The van der Waals surface area contributed by atoms with Gasteiger partial charge in [-0.05, 0) is 66.6 Å². The molecule has 0 aliphatic rings. The number of esters is 1. The zero-order chi connectivity index (χ0) is 28.2. The summed E-state index contributed by atoms with van der Waals surface area (Å²) in [6.07, 6.45) is 0. The van der Waals surface area contributed by atoms with E-state index in [4.69, 9.17) is 14.6 Å². The van der Waals surface area contributed by atoms with E-state index >= 15 is 0 Å². The topological polar surface area (TPSA) is 82.4 Å². The molecule has 0 radical (unpaired) electrons. The quantitative estimate of drug-likeness (QED) is 0.231. The zero-order valence-corrected chi connectivity index (χ0v) is 22.1. The average Bonchev–Trinajstić information content (AvgIpc) is 3.32. The molecule has 0 aliphatic heterocycles. The van der Waals surface area contributed by atoms with Gasteiger partial charge in [0.15, 0.2) is 0 Å². The lowest BCUT2D eigenvalue weighted by Crippen LogP contribution is -2.13. The molecule has 0 fully saturated rings. The molecule has 0 unspecified atom stereocenters. The minimum absolute atomic E-state index is 0.0523. The Labute approximate surface area is 230 Å². The molecule has 7 nitrogen and oxygen atoms in total. The summed E-state index contributed by atoms with van der Waals surface area (Å²) < 4.78 is 26.9. The molecule has 0 spiro atoms. The van der Waals surface area contributed by atoms with Gasteiger partial charge in [0.1, 0.15) is 17.3 Å². The number of aromatic nitrogens is 2. The SMILES string of the molecule is COc1cccc(-c2nn(-c3cccc(C)c3)c(OC(C)=O)c2-c2ccc(NC(=O)c3ccccc3F)cc2)c1. The molecule has 5 rings (SSSR count). The fourth-order valence-corrected chi connectivity index (χ4v) is 4.36. The van der Waals surface area contributed by atoms with E-state index in [2.05, 4.69) is 5.32 Å². The fourth-order valence-electron chi connectivity index (χ4n) is 4.36. The lowest BCUT2D eigenvalue weighted by molar-refractivity contribution is -0.132. The predicted molar refractivity (Wildman–Crippen MR) is 151 cm³/mol. The van der Waals surface area contributed by atoms with Crippen LogP contribution in [0.25, 0.3) is 28.1 Å². The van der Waals surface area contributed by atoms with Crippen molar-refractivity contribution in [2.45, 2.75) is 13.8 Å². The van der Waals surface area contributed by atoms with Crippen LogP contribution in [0.4, 0.5) is 10.1 Å². The second kappa shape index (κ2) is 11.2. The summed E-state index contributed by atoms with van der Waals surface area (Å²) in [7, 11) is 1.59. The van der Waals surface area contributed by atoms with Gasteiger partial charge in [-0.15, -0.1) is 0 Å². The molecule has 0 aliphatic carbocycles. The minimum atomic E-state index is -0.603. The molecule has 0 bridgehead atoms. The molecule has 1 N–H and O–H groups in total. The maximum atomic E-state index is 14.1. The van der Waals surface area contributed by atoms with Crippen LogP contribution in [0.5, 0.6) is 11.6 Å². The van der Waals surface area contributed by atoms with E-state index in [0.29, 0.717) is 28.3 Å². The van der Waals surface area contributed by atoms with Crippen LogP contribution in [0.2, 0.25) is 0 Å². The summed E-state index contributed by atoms with van der Waals surface area (Å²) in [5, 5.41) is 7.61. The van der Waals surface area contributed by atoms with Crippen molar-refractivity contribution in [1.82, 2.24) is 9.78 Å². The monoisotopic (exact) mass is 535 g/mol. The number of hydrogen-bond donors (Lipinski definition) is 1. The number of hydrogen-bond acceptors (Lipinski definition) is 5. The van der Waals surface area contributed by atoms with Gasteiger partial charge in [0.2, 0.25) is 5.88 Å². The highest BCUT2D eigenvalue weighted by Crippen LogP contribution is 2.42. The number of nitrogens with zero attached hydrogens (tertiary/aromatic N) is 2. The number of halogens is 1. The summed E-state index contributed by atoms with van der Waals surface area (Å²) in [6.45, 7) is 3.31. The van der Waals surface area contributed by atoms with E-state index in [0.717, 1.165) is 16.8 Å². The van der Waals surface area contributed by atoms with Gasteiger partial charge in [-0.3, -0.25) is 9.59 Å². The average molecular weight is 536 g/mol. The third-order valence-corrected chi connectivity index (χ3v) is 6.22. The Bertz CT molecular complexity index is 1710.